The maximum atomic E-state index is 11.1. The molecule has 0 amide bonds. The summed E-state index contributed by atoms with van der Waals surface area (Å²) < 4.78 is 6.27. The van der Waals surface area contributed by atoms with Gasteiger partial charge in [0.25, 0.3) is 0 Å². The molecule has 0 spiro atoms. The molecule has 0 aromatic carbocycles. The molecule has 7 heteroatoms. The van der Waals surface area contributed by atoms with Crippen molar-refractivity contribution in [1.29, 1.82) is 0 Å². The predicted molar refractivity (Wildman–Crippen MR) is 64.3 cm³/mol. The highest BCUT2D eigenvalue weighted by atomic mass is 32.1. The minimum absolute atomic E-state index is 0.191. The van der Waals surface area contributed by atoms with Crippen LogP contribution in [-0.4, -0.2) is 27.8 Å². The van der Waals surface area contributed by atoms with E-state index in [1.54, 1.807) is 4.68 Å². The van der Waals surface area contributed by atoms with Crippen molar-refractivity contribution < 1.29 is 9.53 Å². The van der Waals surface area contributed by atoms with E-state index in [1.165, 1.54) is 18.4 Å². The van der Waals surface area contributed by atoms with Crippen LogP contribution in [0.25, 0.3) is 0 Å². The summed E-state index contributed by atoms with van der Waals surface area (Å²) in [5.41, 5.74) is 0.695. The second-order valence-electron chi connectivity index (χ2n) is 3.40. The Labute approximate surface area is 102 Å². The number of rotatable bonds is 4. The largest absolute Gasteiger partial charge is 0.469 e. The lowest BCUT2D eigenvalue weighted by molar-refractivity contribution is -0.139. The summed E-state index contributed by atoms with van der Waals surface area (Å²) in [7, 11) is 3.21. The Kier molecular flexibility index (Phi) is 3.38. The number of nitrogens with one attached hydrogen (secondary N) is 1. The third-order valence-corrected chi connectivity index (χ3v) is 2.86. The number of hydrogen-bond acceptors (Lipinski definition) is 6. The van der Waals surface area contributed by atoms with E-state index in [2.05, 4.69) is 20.1 Å². The lowest BCUT2D eigenvalue weighted by Crippen LogP contribution is -2.04. The molecule has 90 valence electrons. The number of aromatic nitrogens is 3. The van der Waals surface area contributed by atoms with Crippen molar-refractivity contribution in [3.05, 3.63) is 23.3 Å². The van der Waals surface area contributed by atoms with Gasteiger partial charge in [0.05, 0.1) is 19.2 Å². The van der Waals surface area contributed by atoms with Crippen molar-refractivity contribution in [2.75, 3.05) is 12.4 Å². The van der Waals surface area contributed by atoms with Crippen LogP contribution >= 0.6 is 11.3 Å². The SMILES string of the molecule is COC(=O)Cc1csc(Nc2ccn(C)n2)n1. The number of carbonyl (C=O) groups is 1. The Balaban J connectivity index is 2.01. The van der Waals surface area contributed by atoms with E-state index in [4.69, 9.17) is 0 Å². The highest BCUT2D eigenvalue weighted by Gasteiger charge is 2.08. The lowest BCUT2D eigenvalue weighted by Gasteiger charge is -1.96. The zero-order valence-electron chi connectivity index (χ0n) is 9.51. The van der Waals surface area contributed by atoms with Gasteiger partial charge < -0.3 is 10.1 Å². The average molecular weight is 252 g/mol. The molecule has 0 unspecified atom stereocenters. The van der Waals surface area contributed by atoms with E-state index in [1.807, 2.05) is 24.7 Å². The number of esters is 1. The quantitative estimate of drug-likeness (QED) is 0.831. The highest BCUT2D eigenvalue weighted by molar-refractivity contribution is 7.13. The minimum Gasteiger partial charge on any atom is -0.469 e. The van der Waals surface area contributed by atoms with Gasteiger partial charge in [0.2, 0.25) is 0 Å². The molecule has 0 aliphatic rings. The van der Waals surface area contributed by atoms with Crippen LogP contribution in [-0.2, 0) is 23.0 Å². The molecule has 1 N–H and O–H groups in total. The first-order valence-corrected chi connectivity index (χ1v) is 5.83. The minimum atomic E-state index is -0.292. The first-order valence-electron chi connectivity index (χ1n) is 4.95. The molecule has 0 fully saturated rings. The third-order valence-electron chi connectivity index (χ3n) is 2.05. The van der Waals surface area contributed by atoms with Crippen LogP contribution in [0, 0.1) is 0 Å². The molecule has 0 saturated carbocycles. The summed E-state index contributed by atoms with van der Waals surface area (Å²) >= 11 is 1.43. The molecule has 2 heterocycles. The maximum Gasteiger partial charge on any atom is 0.311 e. The van der Waals surface area contributed by atoms with E-state index in [9.17, 15) is 4.79 Å². The van der Waals surface area contributed by atoms with Crippen LogP contribution in [0.15, 0.2) is 17.6 Å². The number of hydrogen-bond donors (Lipinski definition) is 1. The van der Waals surface area contributed by atoms with E-state index in [0.29, 0.717) is 10.8 Å². The molecule has 0 radical (unpaired) electrons. The van der Waals surface area contributed by atoms with Crippen molar-refractivity contribution in [2.45, 2.75) is 6.42 Å². The monoisotopic (exact) mass is 252 g/mol. The van der Waals surface area contributed by atoms with Crippen molar-refractivity contribution in [3.63, 3.8) is 0 Å². The van der Waals surface area contributed by atoms with Gasteiger partial charge in [-0.3, -0.25) is 9.48 Å². The van der Waals surface area contributed by atoms with E-state index < -0.39 is 0 Å². The highest BCUT2D eigenvalue weighted by Crippen LogP contribution is 2.19. The number of aryl methyl sites for hydroxylation is 1. The Bertz CT molecular complexity index is 520. The Morgan fingerprint density at radius 3 is 3.12 bits per heavy atom. The van der Waals surface area contributed by atoms with E-state index >= 15 is 0 Å². The summed E-state index contributed by atoms with van der Waals surface area (Å²) in [5.74, 6) is 0.436. The van der Waals surface area contributed by atoms with Crippen molar-refractivity contribution in [1.82, 2.24) is 14.8 Å². The molecule has 2 aromatic heterocycles. The summed E-state index contributed by atoms with van der Waals surface area (Å²) in [6.45, 7) is 0. The molecule has 6 nitrogen and oxygen atoms in total. The number of carbonyl (C=O) groups excluding carboxylic acids is 1. The number of anilines is 2. The molecular weight excluding hydrogens is 240 g/mol. The van der Waals surface area contributed by atoms with Crippen molar-refractivity contribution in [3.8, 4) is 0 Å². The van der Waals surface area contributed by atoms with Crippen LogP contribution < -0.4 is 5.32 Å². The molecule has 0 aliphatic carbocycles. The lowest BCUT2D eigenvalue weighted by atomic mass is 10.3. The second kappa shape index (κ2) is 4.96. The number of methoxy groups -OCH3 is 1. The first-order chi connectivity index (χ1) is 8.17. The zero-order chi connectivity index (χ0) is 12.3. The molecule has 0 bridgehead atoms. The fraction of sp³-hybridized carbons (Fsp3) is 0.300. The summed E-state index contributed by atoms with van der Waals surface area (Å²) in [6, 6.07) is 1.85. The molecule has 0 atom stereocenters. The van der Waals surface area contributed by atoms with Crippen LogP contribution in [0.2, 0.25) is 0 Å². The van der Waals surface area contributed by atoms with Crippen molar-refractivity contribution in [2.24, 2.45) is 7.05 Å². The predicted octanol–water partition coefficient (Wildman–Crippen LogP) is 1.34. The van der Waals surface area contributed by atoms with Crippen LogP contribution in [0.4, 0.5) is 10.9 Å². The molecule has 2 aromatic rings. The number of ether oxygens (including phenoxy) is 1. The van der Waals surface area contributed by atoms with Gasteiger partial charge in [-0.15, -0.1) is 11.3 Å². The Hall–Kier alpha value is -1.89. The van der Waals surface area contributed by atoms with Crippen molar-refractivity contribution >= 4 is 28.3 Å². The van der Waals surface area contributed by atoms with Gasteiger partial charge in [-0.25, -0.2) is 4.98 Å². The smallest absolute Gasteiger partial charge is 0.311 e. The topological polar surface area (TPSA) is 69.0 Å². The first kappa shape index (κ1) is 11.6. The normalized spacial score (nSPS) is 10.2. The van der Waals surface area contributed by atoms with E-state index in [-0.39, 0.29) is 12.4 Å². The summed E-state index contributed by atoms with van der Waals surface area (Å²) in [5, 5.41) is 9.77. The Morgan fingerprint density at radius 1 is 1.65 bits per heavy atom. The molecule has 17 heavy (non-hydrogen) atoms. The summed E-state index contributed by atoms with van der Waals surface area (Å²) in [6.07, 6.45) is 2.03. The fourth-order valence-corrected chi connectivity index (χ4v) is 1.97. The van der Waals surface area contributed by atoms with Gasteiger partial charge in [0, 0.05) is 24.7 Å². The van der Waals surface area contributed by atoms with Crippen LogP contribution in [0.3, 0.4) is 0 Å². The molecule has 0 saturated heterocycles. The number of nitrogens with zero attached hydrogens (tertiary/aromatic N) is 3. The molecular formula is C10H12N4O2S. The Morgan fingerprint density at radius 2 is 2.47 bits per heavy atom. The van der Waals surface area contributed by atoms with Crippen LogP contribution in [0.1, 0.15) is 5.69 Å². The molecule has 2 rings (SSSR count). The van der Waals surface area contributed by atoms with Gasteiger partial charge >= 0.3 is 5.97 Å². The van der Waals surface area contributed by atoms with Crippen LogP contribution in [0.5, 0.6) is 0 Å². The second-order valence-corrected chi connectivity index (χ2v) is 4.25. The molecule has 0 aliphatic heterocycles. The standard InChI is InChI=1S/C10H12N4O2S/c1-14-4-3-8(13-14)12-10-11-7(6-17-10)5-9(15)16-2/h3-4,6H,5H2,1-2H3,(H,11,12,13). The number of thiazole rings is 1. The van der Waals surface area contributed by atoms with Gasteiger partial charge in [-0.1, -0.05) is 0 Å². The summed E-state index contributed by atoms with van der Waals surface area (Å²) in [4.78, 5) is 15.3. The zero-order valence-corrected chi connectivity index (χ0v) is 10.3. The third kappa shape index (κ3) is 3.04. The van der Waals surface area contributed by atoms with E-state index in [0.717, 1.165) is 5.82 Å². The van der Waals surface area contributed by atoms with Gasteiger partial charge in [-0.05, 0) is 0 Å². The van der Waals surface area contributed by atoms with Gasteiger partial charge in [0.1, 0.15) is 0 Å². The fourth-order valence-electron chi connectivity index (χ4n) is 1.26. The van der Waals surface area contributed by atoms with Gasteiger partial charge in [0.15, 0.2) is 10.9 Å². The van der Waals surface area contributed by atoms with Gasteiger partial charge in [-0.2, -0.15) is 5.10 Å². The average Bonchev–Trinajstić information content (AvgIpc) is 2.89. The maximum absolute atomic E-state index is 11.1.